The Bertz CT molecular complexity index is 722. The molecule has 2 N–H and O–H groups in total. The van der Waals surface area contributed by atoms with Gasteiger partial charge in [-0.05, 0) is 4.92 Å². The van der Waals surface area contributed by atoms with E-state index in [0.29, 0.717) is 0 Å². The Hall–Kier alpha value is -2.71. The quantitative estimate of drug-likeness (QED) is 0.423. The Labute approximate surface area is 92.6 Å². The Morgan fingerprint density at radius 1 is 1.47 bits per heavy atom. The summed E-state index contributed by atoms with van der Waals surface area (Å²) in [5.74, 6) is -0.521. The lowest BCUT2D eigenvalue weighted by Crippen LogP contribution is -2.22. The Balaban J connectivity index is 2.94. The van der Waals surface area contributed by atoms with Crippen LogP contribution in [0.2, 0.25) is 0 Å². The number of nitrogens with one attached hydrogen (secondary N) is 2. The third-order valence-electron chi connectivity index (χ3n) is 2.10. The molecule has 0 fully saturated rings. The standard InChI is InChI=1S/C8H7N5O4/c1-2-3-12-5-4(9-8(12)13(16)17)6(14)11-7(15)10-5/h2H,1,3H2,(H2,10,11,14,15). The molecule has 0 amide bonds. The third kappa shape index (κ3) is 1.62. The number of hydrogen-bond acceptors (Lipinski definition) is 5. The summed E-state index contributed by atoms with van der Waals surface area (Å²) >= 11 is 0. The number of H-pyrrole nitrogens is 2. The number of nitro groups is 1. The Kier molecular flexibility index (Phi) is 2.35. The lowest BCUT2D eigenvalue weighted by molar-refractivity contribution is -0.396. The first-order valence-electron chi connectivity index (χ1n) is 4.52. The molecule has 0 aliphatic rings. The number of imidazole rings is 1. The van der Waals surface area contributed by atoms with Gasteiger partial charge in [0.25, 0.3) is 11.1 Å². The minimum absolute atomic E-state index is 0.00495. The van der Waals surface area contributed by atoms with Crippen molar-refractivity contribution in [3.63, 3.8) is 0 Å². The molecule has 0 saturated heterocycles. The van der Waals surface area contributed by atoms with E-state index < -0.39 is 22.1 Å². The Morgan fingerprint density at radius 2 is 2.18 bits per heavy atom. The molecule has 17 heavy (non-hydrogen) atoms. The number of allylic oxidation sites excluding steroid dienone is 1. The molecule has 9 heteroatoms. The minimum Gasteiger partial charge on any atom is -0.390 e. The zero-order valence-electron chi connectivity index (χ0n) is 8.47. The fraction of sp³-hybridized carbons (Fsp3) is 0.125. The van der Waals surface area contributed by atoms with Crippen LogP contribution in [0, 0.1) is 10.1 Å². The summed E-state index contributed by atoms with van der Waals surface area (Å²) in [5.41, 5.74) is -1.69. The van der Waals surface area contributed by atoms with Gasteiger partial charge in [0.1, 0.15) is 0 Å². The molecule has 0 bridgehead atoms. The third-order valence-corrected chi connectivity index (χ3v) is 2.10. The maximum Gasteiger partial charge on any atom is 0.437 e. The molecule has 0 atom stereocenters. The molecule has 0 aliphatic heterocycles. The smallest absolute Gasteiger partial charge is 0.390 e. The highest BCUT2D eigenvalue weighted by Crippen LogP contribution is 2.15. The van der Waals surface area contributed by atoms with Gasteiger partial charge < -0.3 is 10.1 Å². The van der Waals surface area contributed by atoms with E-state index in [9.17, 15) is 19.7 Å². The van der Waals surface area contributed by atoms with E-state index in [0.717, 1.165) is 4.57 Å². The summed E-state index contributed by atoms with van der Waals surface area (Å²) in [5, 5.41) is 10.7. The lowest BCUT2D eigenvalue weighted by atomic mass is 10.5. The van der Waals surface area contributed by atoms with Crippen LogP contribution >= 0.6 is 0 Å². The Morgan fingerprint density at radius 3 is 2.76 bits per heavy atom. The first-order valence-corrected chi connectivity index (χ1v) is 4.52. The first-order chi connectivity index (χ1) is 8.04. The molecule has 0 radical (unpaired) electrons. The number of aromatic nitrogens is 4. The van der Waals surface area contributed by atoms with Crippen LogP contribution in [-0.2, 0) is 6.54 Å². The van der Waals surface area contributed by atoms with E-state index in [1.54, 1.807) is 0 Å². The zero-order chi connectivity index (χ0) is 12.6. The van der Waals surface area contributed by atoms with Crippen LogP contribution in [0.5, 0.6) is 0 Å². The van der Waals surface area contributed by atoms with Gasteiger partial charge in [-0.15, -0.1) is 0 Å². The van der Waals surface area contributed by atoms with Gasteiger partial charge >= 0.3 is 11.6 Å². The topological polar surface area (TPSA) is 127 Å². The summed E-state index contributed by atoms with van der Waals surface area (Å²) in [7, 11) is 0. The van der Waals surface area contributed by atoms with E-state index in [2.05, 4.69) is 16.5 Å². The van der Waals surface area contributed by atoms with Crippen molar-refractivity contribution in [1.82, 2.24) is 19.5 Å². The van der Waals surface area contributed by atoms with E-state index in [4.69, 9.17) is 0 Å². The van der Waals surface area contributed by atoms with Gasteiger partial charge in [0, 0.05) is 0 Å². The van der Waals surface area contributed by atoms with Crippen LogP contribution in [0.25, 0.3) is 11.2 Å². The fourth-order valence-electron chi connectivity index (χ4n) is 1.47. The number of nitrogens with zero attached hydrogens (tertiary/aromatic N) is 3. The van der Waals surface area contributed by atoms with Crippen molar-refractivity contribution in [3.8, 4) is 0 Å². The number of rotatable bonds is 3. The second-order valence-corrected chi connectivity index (χ2v) is 3.17. The van der Waals surface area contributed by atoms with Crippen molar-refractivity contribution in [1.29, 1.82) is 0 Å². The lowest BCUT2D eigenvalue weighted by Gasteiger charge is -1.97. The van der Waals surface area contributed by atoms with Gasteiger partial charge in [0.05, 0.1) is 6.54 Å². The van der Waals surface area contributed by atoms with Crippen LogP contribution in [0.4, 0.5) is 5.95 Å². The van der Waals surface area contributed by atoms with Crippen molar-refractivity contribution in [3.05, 3.63) is 43.6 Å². The number of hydrogen-bond donors (Lipinski definition) is 2. The molecule has 2 heterocycles. The average molecular weight is 237 g/mol. The fourth-order valence-corrected chi connectivity index (χ4v) is 1.47. The highest BCUT2D eigenvalue weighted by Gasteiger charge is 2.24. The molecule has 0 aromatic carbocycles. The highest BCUT2D eigenvalue weighted by atomic mass is 16.6. The SMILES string of the molecule is C=CCn1c([N+](=O)[O-])nc2c(=O)[nH]c(=O)[nH]c21. The average Bonchev–Trinajstić information content (AvgIpc) is 2.58. The normalized spacial score (nSPS) is 10.6. The monoisotopic (exact) mass is 237 g/mol. The molecule has 0 spiro atoms. The van der Waals surface area contributed by atoms with Crippen LogP contribution in [0.1, 0.15) is 0 Å². The molecule has 0 unspecified atom stereocenters. The molecule has 0 aliphatic carbocycles. The van der Waals surface area contributed by atoms with Crippen molar-refractivity contribution in [2.75, 3.05) is 0 Å². The maximum atomic E-state index is 11.4. The van der Waals surface area contributed by atoms with E-state index in [1.807, 2.05) is 4.98 Å². The second kappa shape index (κ2) is 3.70. The van der Waals surface area contributed by atoms with Crippen molar-refractivity contribution >= 4 is 17.1 Å². The summed E-state index contributed by atoms with van der Waals surface area (Å²) in [6, 6.07) is 0. The van der Waals surface area contributed by atoms with E-state index >= 15 is 0 Å². The predicted octanol–water partition coefficient (Wildman–Crippen LogP) is -0.493. The molecular weight excluding hydrogens is 230 g/mol. The maximum absolute atomic E-state index is 11.4. The molecule has 9 nitrogen and oxygen atoms in total. The summed E-state index contributed by atoms with van der Waals surface area (Å²) < 4.78 is 1.10. The molecule has 2 aromatic heterocycles. The highest BCUT2D eigenvalue weighted by molar-refractivity contribution is 5.71. The van der Waals surface area contributed by atoms with Crippen LogP contribution in [0.3, 0.4) is 0 Å². The van der Waals surface area contributed by atoms with Crippen molar-refractivity contribution in [2.45, 2.75) is 6.54 Å². The summed E-state index contributed by atoms with van der Waals surface area (Å²) in [6.45, 7) is 3.50. The minimum atomic E-state index is -0.769. The van der Waals surface area contributed by atoms with Gasteiger partial charge in [0.2, 0.25) is 5.65 Å². The largest absolute Gasteiger partial charge is 0.437 e. The summed E-state index contributed by atoms with van der Waals surface area (Å²) in [4.78, 5) is 40.3. The van der Waals surface area contributed by atoms with E-state index in [-0.39, 0.29) is 17.7 Å². The van der Waals surface area contributed by atoms with Gasteiger partial charge in [-0.25, -0.2) is 9.36 Å². The van der Waals surface area contributed by atoms with Crippen molar-refractivity contribution in [2.24, 2.45) is 0 Å². The molecule has 0 saturated carbocycles. The molecule has 2 aromatic rings. The number of fused-ring (bicyclic) bond motifs is 1. The van der Waals surface area contributed by atoms with Crippen molar-refractivity contribution < 1.29 is 4.92 Å². The van der Waals surface area contributed by atoms with Crippen LogP contribution in [-0.4, -0.2) is 24.4 Å². The molecule has 2 rings (SSSR count). The van der Waals surface area contributed by atoms with Crippen LogP contribution < -0.4 is 11.2 Å². The van der Waals surface area contributed by atoms with E-state index in [1.165, 1.54) is 6.08 Å². The van der Waals surface area contributed by atoms with Gasteiger partial charge in [0.15, 0.2) is 0 Å². The molecule has 88 valence electrons. The zero-order valence-corrected chi connectivity index (χ0v) is 8.47. The predicted molar refractivity (Wildman–Crippen MR) is 57.8 cm³/mol. The molecular formula is C8H7N5O4. The first kappa shape index (κ1) is 10.8. The van der Waals surface area contributed by atoms with Crippen LogP contribution in [0.15, 0.2) is 22.2 Å². The van der Waals surface area contributed by atoms with Gasteiger partial charge in [-0.2, -0.15) is 0 Å². The van der Waals surface area contributed by atoms with Gasteiger partial charge in [-0.3, -0.25) is 14.8 Å². The van der Waals surface area contributed by atoms with Gasteiger partial charge in [-0.1, -0.05) is 17.6 Å². The summed E-state index contributed by atoms with van der Waals surface area (Å²) in [6.07, 6.45) is 1.40. The second-order valence-electron chi connectivity index (χ2n) is 3.17. The number of aromatic amines is 2.